The lowest BCUT2D eigenvalue weighted by Gasteiger charge is -2.20. The smallest absolute Gasteiger partial charge is 0.262 e. The van der Waals surface area contributed by atoms with Crippen molar-refractivity contribution in [2.75, 3.05) is 25.6 Å². The number of amides is 1. The maximum absolute atomic E-state index is 11.4. The molecule has 0 unspecified atom stereocenters. The fraction of sp³-hybridized carbons (Fsp3) is 0.250. The van der Waals surface area contributed by atoms with E-state index >= 15 is 0 Å². The van der Waals surface area contributed by atoms with Crippen molar-refractivity contribution < 1.29 is 14.3 Å². The van der Waals surface area contributed by atoms with E-state index in [0.29, 0.717) is 5.75 Å². The van der Waals surface area contributed by atoms with Crippen molar-refractivity contribution in [3.8, 4) is 11.5 Å². The van der Waals surface area contributed by atoms with Crippen LogP contribution in [0.2, 0.25) is 0 Å². The van der Waals surface area contributed by atoms with Crippen LogP contribution in [0, 0.1) is 0 Å². The van der Waals surface area contributed by atoms with Gasteiger partial charge >= 0.3 is 0 Å². The highest BCUT2D eigenvalue weighted by Crippen LogP contribution is 2.30. The number of para-hydroxylation sites is 1. The van der Waals surface area contributed by atoms with Crippen molar-refractivity contribution in [1.82, 2.24) is 5.32 Å². The van der Waals surface area contributed by atoms with Gasteiger partial charge in [-0.1, -0.05) is 36.4 Å². The van der Waals surface area contributed by atoms with Crippen LogP contribution in [0.5, 0.6) is 11.5 Å². The zero-order valence-corrected chi connectivity index (χ0v) is 14.4. The molecule has 25 heavy (non-hydrogen) atoms. The monoisotopic (exact) mass is 338 g/mol. The molecule has 2 aromatic rings. The summed E-state index contributed by atoms with van der Waals surface area (Å²) in [6, 6.07) is 13.9. The maximum atomic E-state index is 11.4. The van der Waals surface area contributed by atoms with Gasteiger partial charge < -0.3 is 20.1 Å². The molecule has 2 N–H and O–H groups in total. The number of fused-ring (bicyclic) bond motifs is 1. The molecule has 0 spiro atoms. The molecule has 0 aliphatic carbocycles. The summed E-state index contributed by atoms with van der Waals surface area (Å²) in [6.45, 7) is 2.89. The Morgan fingerprint density at radius 1 is 1.32 bits per heavy atom. The Balaban J connectivity index is 1.59. The number of hydrogen-bond acceptors (Lipinski definition) is 4. The van der Waals surface area contributed by atoms with Crippen LogP contribution in [0.3, 0.4) is 0 Å². The molecular weight excluding hydrogens is 316 g/mol. The predicted octanol–water partition coefficient (Wildman–Crippen LogP) is 3.39. The van der Waals surface area contributed by atoms with Crippen molar-refractivity contribution >= 4 is 17.7 Å². The zero-order valence-electron chi connectivity index (χ0n) is 14.4. The average Bonchev–Trinajstić information content (AvgIpc) is 2.64. The Morgan fingerprint density at radius 2 is 2.16 bits per heavy atom. The van der Waals surface area contributed by atoms with Gasteiger partial charge in [0, 0.05) is 18.2 Å². The Labute approximate surface area is 147 Å². The number of rotatable bonds is 6. The molecule has 0 fully saturated rings. The fourth-order valence-electron chi connectivity index (χ4n) is 2.72. The fourth-order valence-corrected chi connectivity index (χ4v) is 2.72. The van der Waals surface area contributed by atoms with Crippen LogP contribution in [0.25, 0.3) is 6.08 Å². The van der Waals surface area contributed by atoms with E-state index in [1.807, 2.05) is 48.5 Å². The molecule has 130 valence electrons. The van der Waals surface area contributed by atoms with Gasteiger partial charge in [0.2, 0.25) is 0 Å². The Kier molecular flexibility index (Phi) is 5.36. The van der Waals surface area contributed by atoms with Gasteiger partial charge in [-0.05, 0) is 30.7 Å². The SMILES string of the molecule is COc1ccccc1/C=C\CN[C@@H](C)c1ccc2c(c1)NC(=O)CO2. The molecule has 0 saturated heterocycles. The van der Waals surface area contributed by atoms with E-state index in [2.05, 4.69) is 23.6 Å². The summed E-state index contributed by atoms with van der Waals surface area (Å²) < 4.78 is 10.7. The third kappa shape index (κ3) is 4.19. The predicted molar refractivity (Wildman–Crippen MR) is 99.0 cm³/mol. The van der Waals surface area contributed by atoms with Crippen LogP contribution in [-0.2, 0) is 4.79 Å². The second-order valence-corrected chi connectivity index (χ2v) is 5.87. The Morgan fingerprint density at radius 3 is 3.00 bits per heavy atom. The van der Waals surface area contributed by atoms with E-state index in [9.17, 15) is 4.79 Å². The Hall–Kier alpha value is -2.79. The van der Waals surface area contributed by atoms with Crippen LogP contribution >= 0.6 is 0 Å². The quantitative estimate of drug-likeness (QED) is 0.848. The number of ether oxygens (including phenoxy) is 2. The zero-order chi connectivity index (χ0) is 17.6. The van der Waals surface area contributed by atoms with Gasteiger partial charge in [0.25, 0.3) is 5.91 Å². The van der Waals surface area contributed by atoms with Gasteiger partial charge in [-0.15, -0.1) is 0 Å². The van der Waals surface area contributed by atoms with E-state index in [0.717, 1.165) is 29.1 Å². The maximum Gasteiger partial charge on any atom is 0.262 e. The minimum Gasteiger partial charge on any atom is -0.496 e. The summed E-state index contributed by atoms with van der Waals surface area (Å²) >= 11 is 0. The molecule has 1 atom stereocenters. The lowest BCUT2D eigenvalue weighted by Crippen LogP contribution is -2.26. The topological polar surface area (TPSA) is 59.6 Å². The van der Waals surface area contributed by atoms with E-state index in [1.165, 1.54) is 0 Å². The van der Waals surface area contributed by atoms with E-state index in [-0.39, 0.29) is 18.6 Å². The lowest BCUT2D eigenvalue weighted by atomic mass is 10.1. The van der Waals surface area contributed by atoms with Crippen molar-refractivity contribution in [3.63, 3.8) is 0 Å². The molecule has 0 saturated carbocycles. The number of anilines is 1. The van der Waals surface area contributed by atoms with Crippen molar-refractivity contribution in [3.05, 3.63) is 59.7 Å². The number of methoxy groups -OCH3 is 1. The molecule has 0 radical (unpaired) electrons. The number of nitrogens with one attached hydrogen (secondary N) is 2. The first-order chi connectivity index (χ1) is 12.2. The molecule has 0 bridgehead atoms. The van der Waals surface area contributed by atoms with Crippen LogP contribution in [-0.4, -0.2) is 26.2 Å². The molecule has 1 aliphatic heterocycles. The molecule has 0 aromatic heterocycles. The van der Waals surface area contributed by atoms with Crippen LogP contribution in [0.15, 0.2) is 48.5 Å². The normalized spacial score (nSPS) is 14.6. The highest BCUT2D eigenvalue weighted by Gasteiger charge is 2.17. The molecule has 5 heteroatoms. The molecule has 1 aliphatic rings. The minimum absolute atomic E-state index is 0.0773. The van der Waals surface area contributed by atoms with Crippen molar-refractivity contribution in [2.45, 2.75) is 13.0 Å². The van der Waals surface area contributed by atoms with E-state index in [4.69, 9.17) is 9.47 Å². The van der Waals surface area contributed by atoms with Gasteiger partial charge in [0.15, 0.2) is 6.61 Å². The number of carbonyl (C=O) groups excluding carboxylic acids is 1. The summed E-state index contributed by atoms with van der Waals surface area (Å²) in [4.78, 5) is 11.4. The van der Waals surface area contributed by atoms with Crippen LogP contribution < -0.4 is 20.1 Å². The summed E-state index contributed by atoms with van der Waals surface area (Å²) in [5.41, 5.74) is 2.87. The second-order valence-electron chi connectivity index (χ2n) is 5.87. The largest absolute Gasteiger partial charge is 0.496 e. The molecule has 1 amide bonds. The first-order valence-electron chi connectivity index (χ1n) is 8.27. The highest BCUT2D eigenvalue weighted by atomic mass is 16.5. The van der Waals surface area contributed by atoms with Gasteiger partial charge in [-0.3, -0.25) is 4.79 Å². The molecule has 2 aromatic carbocycles. The summed E-state index contributed by atoms with van der Waals surface area (Å²) in [5.74, 6) is 1.45. The summed E-state index contributed by atoms with van der Waals surface area (Å²) in [5, 5.41) is 6.28. The molecular formula is C20H22N2O3. The molecule has 1 heterocycles. The van der Waals surface area contributed by atoms with Gasteiger partial charge in [0.1, 0.15) is 11.5 Å². The van der Waals surface area contributed by atoms with E-state index in [1.54, 1.807) is 7.11 Å². The standard InChI is InChI=1S/C20H22N2O3/c1-14(16-9-10-19-17(12-16)22-20(23)13-25-19)21-11-5-7-15-6-3-4-8-18(15)24-2/h3-10,12,14,21H,11,13H2,1-2H3,(H,22,23)/b7-5-/t14-/m0/s1. The first-order valence-corrected chi connectivity index (χ1v) is 8.27. The van der Waals surface area contributed by atoms with Crippen LogP contribution in [0.1, 0.15) is 24.1 Å². The Bertz CT molecular complexity index is 786. The van der Waals surface area contributed by atoms with E-state index < -0.39 is 0 Å². The minimum atomic E-state index is -0.120. The number of hydrogen-bond donors (Lipinski definition) is 2. The van der Waals surface area contributed by atoms with Crippen molar-refractivity contribution in [2.24, 2.45) is 0 Å². The third-order valence-corrected chi connectivity index (χ3v) is 4.11. The average molecular weight is 338 g/mol. The van der Waals surface area contributed by atoms with Crippen LogP contribution in [0.4, 0.5) is 5.69 Å². The highest BCUT2D eigenvalue weighted by molar-refractivity contribution is 5.95. The van der Waals surface area contributed by atoms with Crippen molar-refractivity contribution in [1.29, 1.82) is 0 Å². The third-order valence-electron chi connectivity index (χ3n) is 4.11. The number of carbonyl (C=O) groups is 1. The summed E-state index contributed by atoms with van der Waals surface area (Å²) in [7, 11) is 1.67. The van der Waals surface area contributed by atoms with Gasteiger partial charge in [-0.2, -0.15) is 0 Å². The molecule has 5 nitrogen and oxygen atoms in total. The van der Waals surface area contributed by atoms with Gasteiger partial charge in [0.05, 0.1) is 12.8 Å². The first kappa shape index (κ1) is 17.0. The number of benzene rings is 2. The van der Waals surface area contributed by atoms with Gasteiger partial charge in [-0.25, -0.2) is 0 Å². The second kappa shape index (κ2) is 7.85. The molecule has 3 rings (SSSR count). The lowest BCUT2D eigenvalue weighted by molar-refractivity contribution is -0.118. The summed E-state index contributed by atoms with van der Waals surface area (Å²) in [6.07, 6.45) is 4.11.